The predicted molar refractivity (Wildman–Crippen MR) is 98.6 cm³/mol. The molecule has 1 aromatic heterocycles. The van der Waals surface area contributed by atoms with Gasteiger partial charge in [0, 0.05) is 24.9 Å². The van der Waals surface area contributed by atoms with Gasteiger partial charge in [0.25, 0.3) is 5.91 Å². The van der Waals surface area contributed by atoms with E-state index >= 15 is 0 Å². The molecule has 0 saturated carbocycles. The molecule has 1 aliphatic rings. The third kappa shape index (κ3) is 4.79. The van der Waals surface area contributed by atoms with Crippen LogP contribution in [0.1, 0.15) is 28.8 Å². The molecule has 1 saturated heterocycles. The minimum Gasteiger partial charge on any atom is -0.357 e. The molecule has 0 radical (unpaired) electrons. The van der Waals surface area contributed by atoms with Crippen molar-refractivity contribution in [3.8, 4) is 0 Å². The van der Waals surface area contributed by atoms with E-state index in [0.29, 0.717) is 16.8 Å². The quantitative estimate of drug-likeness (QED) is 0.887. The summed E-state index contributed by atoms with van der Waals surface area (Å²) < 4.78 is 22.8. The van der Waals surface area contributed by atoms with Crippen LogP contribution in [0.2, 0.25) is 0 Å². The van der Waals surface area contributed by atoms with Gasteiger partial charge in [-0.3, -0.25) is 4.79 Å². The van der Waals surface area contributed by atoms with Gasteiger partial charge in [-0.15, -0.1) is 0 Å². The highest BCUT2D eigenvalue weighted by atomic mass is 32.2. The summed E-state index contributed by atoms with van der Waals surface area (Å²) in [6.45, 7) is 2.04. The van der Waals surface area contributed by atoms with Crippen molar-refractivity contribution in [3.63, 3.8) is 0 Å². The number of benzene rings is 1. The maximum absolute atomic E-state index is 12.4. The van der Waals surface area contributed by atoms with Gasteiger partial charge in [-0.2, -0.15) is 0 Å². The lowest BCUT2D eigenvalue weighted by atomic mass is 10.1. The van der Waals surface area contributed by atoms with Crippen molar-refractivity contribution in [1.29, 1.82) is 0 Å². The number of anilines is 2. The number of pyridine rings is 1. The minimum atomic E-state index is -3.14. The first-order valence-corrected chi connectivity index (χ1v) is 10.3. The molecule has 7 heteroatoms. The van der Waals surface area contributed by atoms with Crippen LogP contribution in [-0.2, 0) is 15.6 Å². The first-order valence-electron chi connectivity index (χ1n) is 8.20. The average Bonchev–Trinajstić information content (AvgIpc) is 3.08. The highest BCUT2D eigenvalue weighted by Gasteiger charge is 2.14. The van der Waals surface area contributed by atoms with Gasteiger partial charge in [0.2, 0.25) is 0 Å². The average molecular weight is 359 g/mol. The maximum atomic E-state index is 12.4. The highest BCUT2D eigenvalue weighted by molar-refractivity contribution is 7.89. The molecule has 1 amide bonds. The third-order valence-corrected chi connectivity index (χ3v) is 4.91. The Morgan fingerprint density at radius 3 is 2.60 bits per heavy atom. The SMILES string of the molecule is CS(=O)(=O)Cc1cccc(C(=O)Nc2ccc(N3CCCC3)nc2)c1. The zero-order valence-electron chi connectivity index (χ0n) is 14.1. The lowest BCUT2D eigenvalue weighted by molar-refractivity contribution is 0.102. The van der Waals surface area contributed by atoms with E-state index in [-0.39, 0.29) is 11.7 Å². The molecule has 1 aromatic carbocycles. The zero-order valence-corrected chi connectivity index (χ0v) is 14.9. The number of carbonyl (C=O) groups is 1. The van der Waals surface area contributed by atoms with E-state index < -0.39 is 9.84 Å². The summed E-state index contributed by atoms with van der Waals surface area (Å²) in [5, 5.41) is 2.80. The van der Waals surface area contributed by atoms with Crippen molar-refractivity contribution in [2.24, 2.45) is 0 Å². The number of amides is 1. The number of hydrogen-bond donors (Lipinski definition) is 1. The molecule has 0 aliphatic carbocycles. The monoisotopic (exact) mass is 359 g/mol. The fourth-order valence-electron chi connectivity index (χ4n) is 2.90. The Kier molecular flexibility index (Phi) is 5.03. The Bertz CT molecular complexity index is 857. The van der Waals surface area contributed by atoms with Gasteiger partial charge in [-0.05, 0) is 42.7 Å². The van der Waals surface area contributed by atoms with Crippen LogP contribution in [0.4, 0.5) is 11.5 Å². The first kappa shape index (κ1) is 17.4. The second kappa shape index (κ2) is 7.23. The van der Waals surface area contributed by atoms with Crippen LogP contribution in [0.3, 0.4) is 0 Å². The molecule has 0 atom stereocenters. The molecule has 2 heterocycles. The Morgan fingerprint density at radius 1 is 1.20 bits per heavy atom. The summed E-state index contributed by atoms with van der Waals surface area (Å²) in [4.78, 5) is 19.0. The van der Waals surface area contributed by atoms with Crippen molar-refractivity contribution in [3.05, 3.63) is 53.7 Å². The lowest BCUT2D eigenvalue weighted by Crippen LogP contribution is -2.19. The number of rotatable bonds is 5. The minimum absolute atomic E-state index is 0.0831. The molecule has 0 unspecified atom stereocenters. The van der Waals surface area contributed by atoms with Crippen LogP contribution >= 0.6 is 0 Å². The topological polar surface area (TPSA) is 79.4 Å². The van der Waals surface area contributed by atoms with E-state index in [9.17, 15) is 13.2 Å². The normalized spacial score (nSPS) is 14.5. The maximum Gasteiger partial charge on any atom is 0.255 e. The fraction of sp³-hybridized carbons (Fsp3) is 0.333. The first-order chi connectivity index (χ1) is 11.9. The molecule has 0 spiro atoms. The number of carbonyl (C=O) groups excluding carboxylic acids is 1. The van der Waals surface area contributed by atoms with Crippen LogP contribution in [0, 0.1) is 0 Å². The number of sulfone groups is 1. The number of aromatic nitrogens is 1. The van der Waals surface area contributed by atoms with Crippen LogP contribution in [0.5, 0.6) is 0 Å². The molecule has 1 aliphatic heterocycles. The van der Waals surface area contributed by atoms with Crippen LogP contribution < -0.4 is 10.2 Å². The zero-order chi connectivity index (χ0) is 17.9. The highest BCUT2D eigenvalue weighted by Crippen LogP contribution is 2.19. The van der Waals surface area contributed by atoms with Gasteiger partial charge in [0.05, 0.1) is 17.6 Å². The van der Waals surface area contributed by atoms with Gasteiger partial charge < -0.3 is 10.2 Å². The van der Waals surface area contributed by atoms with Crippen molar-refractivity contribution in [2.45, 2.75) is 18.6 Å². The summed E-state index contributed by atoms with van der Waals surface area (Å²) in [5.74, 6) is 0.553. The number of nitrogens with one attached hydrogen (secondary N) is 1. The van der Waals surface area contributed by atoms with Crippen molar-refractivity contribution in [1.82, 2.24) is 4.98 Å². The molecule has 132 valence electrons. The van der Waals surface area contributed by atoms with Crippen LogP contribution in [-0.4, -0.2) is 38.7 Å². The molecule has 1 N–H and O–H groups in total. The van der Waals surface area contributed by atoms with Crippen molar-refractivity contribution >= 4 is 27.2 Å². The van der Waals surface area contributed by atoms with E-state index in [1.807, 2.05) is 12.1 Å². The van der Waals surface area contributed by atoms with E-state index in [4.69, 9.17) is 0 Å². The van der Waals surface area contributed by atoms with Gasteiger partial charge in [0.15, 0.2) is 9.84 Å². The summed E-state index contributed by atoms with van der Waals surface area (Å²) in [5.41, 5.74) is 1.63. The standard InChI is InChI=1S/C18H21N3O3S/c1-25(23,24)13-14-5-4-6-15(11-14)18(22)20-16-7-8-17(19-12-16)21-9-2-3-10-21/h4-8,11-12H,2-3,9-10,13H2,1H3,(H,20,22). The summed E-state index contributed by atoms with van der Waals surface area (Å²) in [6, 6.07) is 10.4. The van der Waals surface area contributed by atoms with E-state index in [1.54, 1.807) is 30.5 Å². The van der Waals surface area contributed by atoms with Gasteiger partial charge in [-0.1, -0.05) is 12.1 Å². The molecule has 0 bridgehead atoms. The van der Waals surface area contributed by atoms with Gasteiger partial charge in [0.1, 0.15) is 5.82 Å². The molecule has 3 rings (SSSR count). The lowest BCUT2D eigenvalue weighted by Gasteiger charge is -2.16. The predicted octanol–water partition coefficient (Wildman–Crippen LogP) is 2.48. The Balaban J connectivity index is 1.68. The van der Waals surface area contributed by atoms with E-state index in [2.05, 4.69) is 15.2 Å². The molecular formula is C18H21N3O3S. The van der Waals surface area contributed by atoms with E-state index in [0.717, 1.165) is 18.9 Å². The van der Waals surface area contributed by atoms with Crippen molar-refractivity contribution in [2.75, 3.05) is 29.6 Å². The Morgan fingerprint density at radius 2 is 1.96 bits per heavy atom. The van der Waals surface area contributed by atoms with Crippen LogP contribution in [0.25, 0.3) is 0 Å². The van der Waals surface area contributed by atoms with Gasteiger partial charge in [-0.25, -0.2) is 13.4 Å². The summed E-state index contributed by atoms with van der Waals surface area (Å²) in [6.07, 6.45) is 5.19. The van der Waals surface area contributed by atoms with E-state index in [1.165, 1.54) is 19.1 Å². The Labute approximate surface area is 147 Å². The number of hydrogen-bond acceptors (Lipinski definition) is 5. The second-order valence-electron chi connectivity index (χ2n) is 6.32. The molecule has 2 aromatic rings. The molecular weight excluding hydrogens is 338 g/mol. The van der Waals surface area contributed by atoms with Crippen molar-refractivity contribution < 1.29 is 13.2 Å². The third-order valence-electron chi connectivity index (χ3n) is 4.05. The summed E-state index contributed by atoms with van der Waals surface area (Å²) in [7, 11) is -3.14. The smallest absolute Gasteiger partial charge is 0.255 e. The van der Waals surface area contributed by atoms with Crippen LogP contribution in [0.15, 0.2) is 42.6 Å². The fourth-order valence-corrected chi connectivity index (χ4v) is 3.69. The second-order valence-corrected chi connectivity index (χ2v) is 8.46. The summed E-state index contributed by atoms with van der Waals surface area (Å²) >= 11 is 0. The Hall–Kier alpha value is -2.41. The number of nitrogens with zero attached hydrogens (tertiary/aromatic N) is 2. The molecule has 25 heavy (non-hydrogen) atoms. The van der Waals surface area contributed by atoms with Gasteiger partial charge >= 0.3 is 0 Å². The molecule has 1 fully saturated rings. The largest absolute Gasteiger partial charge is 0.357 e. The molecule has 6 nitrogen and oxygen atoms in total.